The average Bonchev–Trinajstić information content (AvgIpc) is 2.79. The summed E-state index contributed by atoms with van der Waals surface area (Å²) in [4.78, 5) is 23.3. The maximum absolute atomic E-state index is 11.4. The Morgan fingerprint density at radius 2 is 2.35 bits per heavy atom. The lowest BCUT2D eigenvalue weighted by Gasteiger charge is -1.92. The van der Waals surface area contributed by atoms with Crippen molar-refractivity contribution in [2.75, 3.05) is 0 Å². The zero-order valence-corrected chi connectivity index (χ0v) is 9.46. The number of ketones is 1. The van der Waals surface area contributed by atoms with Gasteiger partial charge >= 0.3 is 0 Å². The maximum Gasteiger partial charge on any atom is 0.234 e. The first-order valence-corrected chi connectivity index (χ1v) is 5.40. The molecule has 0 amide bonds. The van der Waals surface area contributed by atoms with E-state index in [-0.39, 0.29) is 12.2 Å². The average molecular weight is 232 g/mol. The van der Waals surface area contributed by atoms with E-state index in [2.05, 4.69) is 20.1 Å². The zero-order valence-electron chi connectivity index (χ0n) is 9.46. The van der Waals surface area contributed by atoms with Gasteiger partial charge in [0.2, 0.25) is 11.7 Å². The van der Waals surface area contributed by atoms with Crippen molar-refractivity contribution in [3.05, 3.63) is 24.5 Å². The van der Waals surface area contributed by atoms with Crippen LogP contribution >= 0.6 is 0 Å². The van der Waals surface area contributed by atoms with Gasteiger partial charge in [-0.3, -0.25) is 4.79 Å². The smallest absolute Gasteiger partial charge is 0.234 e. The van der Waals surface area contributed by atoms with E-state index in [1.54, 1.807) is 12.3 Å². The van der Waals surface area contributed by atoms with Gasteiger partial charge < -0.3 is 4.52 Å². The van der Waals surface area contributed by atoms with Gasteiger partial charge in [-0.05, 0) is 12.5 Å². The molecule has 2 aromatic heterocycles. The predicted molar refractivity (Wildman–Crippen MR) is 58.9 cm³/mol. The second-order valence-electron chi connectivity index (χ2n) is 3.57. The molecule has 0 radical (unpaired) electrons. The van der Waals surface area contributed by atoms with E-state index in [0.29, 0.717) is 23.8 Å². The summed E-state index contributed by atoms with van der Waals surface area (Å²) in [6.07, 6.45) is 4.55. The predicted octanol–water partition coefficient (Wildman–Crippen LogP) is 1.44. The van der Waals surface area contributed by atoms with Crippen molar-refractivity contribution in [3.8, 4) is 11.5 Å². The molecule has 0 unspecified atom stereocenters. The minimum absolute atomic E-state index is 0.102. The highest BCUT2D eigenvalue weighted by Gasteiger charge is 2.12. The fraction of sp³-hybridized carbons (Fsp3) is 0.364. The van der Waals surface area contributed by atoms with Crippen LogP contribution in [0, 0.1) is 0 Å². The van der Waals surface area contributed by atoms with E-state index < -0.39 is 0 Å². The number of aromatic nitrogens is 4. The van der Waals surface area contributed by atoms with Gasteiger partial charge in [0, 0.05) is 12.6 Å². The molecule has 0 aliphatic heterocycles. The van der Waals surface area contributed by atoms with Crippen molar-refractivity contribution in [2.24, 2.45) is 0 Å². The van der Waals surface area contributed by atoms with Crippen LogP contribution in [0.25, 0.3) is 11.5 Å². The monoisotopic (exact) mass is 232 g/mol. The van der Waals surface area contributed by atoms with Crippen LogP contribution in [-0.4, -0.2) is 25.9 Å². The second-order valence-corrected chi connectivity index (χ2v) is 3.57. The Morgan fingerprint density at radius 3 is 3.06 bits per heavy atom. The summed E-state index contributed by atoms with van der Waals surface area (Å²) < 4.78 is 4.99. The molecule has 6 nitrogen and oxygen atoms in total. The number of carbonyl (C=O) groups excluding carboxylic acids is 1. The molecule has 0 saturated carbocycles. The molecule has 2 heterocycles. The van der Waals surface area contributed by atoms with Crippen LogP contribution in [0.5, 0.6) is 0 Å². The Kier molecular flexibility index (Phi) is 3.54. The van der Waals surface area contributed by atoms with Gasteiger partial charge in [-0.25, -0.2) is 9.97 Å². The molecule has 6 heteroatoms. The molecule has 0 fully saturated rings. The molecule has 0 spiro atoms. The molecule has 0 bridgehead atoms. The first-order chi connectivity index (χ1) is 8.29. The van der Waals surface area contributed by atoms with Crippen LogP contribution in [0.4, 0.5) is 0 Å². The van der Waals surface area contributed by atoms with Crippen molar-refractivity contribution in [2.45, 2.75) is 26.2 Å². The van der Waals surface area contributed by atoms with Crippen molar-refractivity contribution in [3.63, 3.8) is 0 Å². The van der Waals surface area contributed by atoms with E-state index in [1.165, 1.54) is 6.33 Å². The number of hydrogen-bond acceptors (Lipinski definition) is 6. The highest BCUT2D eigenvalue weighted by molar-refractivity contribution is 5.79. The SMILES string of the molecule is CCCC(=O)Cc1nc(-c2ccncn2)no1. The van der Waals surface area contributed by atoms with E-state index in [0.717, 1.165) is 6.42 Å². The molecule has 0 N–H and O–H groups in total. The lowest BCUT2D eigenvalue weighted by Crippen LogP contribution is -2.01. The second kappa shape index (κ2) is 5.29. The normalized spacial score (nSPS) is 10.4. The molecule has 0 atom stereocenters. The van der Waals surface area contributed by atoms with Gasteiger partial charge in [0.1, 0.15) is 17.8 Å². The van der Waals surface area contributed by atoms with Crippen LogP contribution in [0.1, 0.15) is 25.7 Å². The van der Waals surface area contributed by atoms with E-state index in [9.17, 15) is 4.79 Å². The minimum Gasteiger partial charge on any atom is -0.338 e. The van der Waals surface area contributed by atoms with Crippen molar-refractivity contribution in [1.82, 2.24) is 20.1 Å². The van der Waals surface area contributed by atoms with Gasteiger partial charge in [0.25, 0.3) is 0 Å². The Labute approximate surface area is 98.1 Å². The van der Waals surface area contributed by atoms with Gasteiger partial charge in [0.15, 0.2) is 0 Å². The molecule has 0 aromatic carbocycles. The molecule has 0 saturated heterocycles. The molecule has 0 aliphatic carbocycles. The third-order valence-corrected chi connectivity index (χ3v) is 2.16. The first-order valence-electron chi connectivity index (χ1n) is 5.40. The minimum atomic E-state index is 0.102. The number of hydrogen-bond donors (Lipinski definition) is 0. The largest absolute Gasteiger partial charge is 0.338 e. The van der Waals surface area contributed by atoms with Crippen molar-refractivity contribution in [1.29, 1.82) is 0 Å². The summed E-state index contributed by atoms with van der Waals surface area (Å²) in [6, 6.07) is 1.68. The van der Waals surface area contributed by atoms with Crippen LogP contribution < -0.4 is 0 Å². The summed E-state index contributed by atoms with van der Waals surface area (Å²) in [5, 5.41) is 3.77. The topological polar surface area (TPSA) is 81.8 Å². The van der Waals surface area contributed by atoms with Crippen LogP contribution in [-0.2, 0) is 11.2 Å². The molecule has 2 rings (SSSR count). The highest BCUT2D eigenvalue weighted by atomic mass is 16.5. The lowest BCUT2D eigenvalue weighted by atomic mass is 10.2. The zero-order chi connectivity index (χ0) is 12.1. The van der Waals surface area contributed by atoms with Gasteiger partial charge in [0.05, 0.1) is 6.42 Å². The molecule has 17 heavy (non-hydrogen) atoms. The van der Waals surface area contributed by atoms with E-state index in [4.69, 9.17) is 4.52 Å². The standard InChI is InChI=1S/C11H12N4O2/c1-2-3-8(16)6-10-14-11(15-17-10)9-4-5-12-7-13-9/h4-5,7H,2-3,6H2,1H3. The summed E-state index contributed by atoms with van der Waals surface area (Å²) >= 11 is 0. The first kappa shape index (κ1) is 11.4. The van der Waals surface area contributed by atoms with Crippen molar-refractivity contribution < 1.29 is 9.32 Å². The summed E-state index contributed by atoms with van der Waals surface area (Å²) in [7, 11) is 0. The molecule has 88 valence electrons. The quantitative estimate of drug-likeness (QED) is 0.775. The van der Waals surface area contributed by atoms with E-state index >= 15 is 0 Å². The Morgan fingerprint density at radius 1 is 1.47 bits per heavy atom. The summed E-state index contributed by atoms with van der Waals surface area (Å²) in [5.74, 6) is 0.814. The highest BCUT2D eigenvalue weighted by Crippen LogP contribution is 2.11. The van der Waals surface area contributed by atoms with Gasteiger partial charge in [-0.15, -0.1) is 0 Å². The molecule has 0 aliphatic rings. The van der Waals surface area contributed by atoms with Gasteiger partial charge in [-0.2, -0.15) is 4.98 Å². The maximum atomic E-state index is 11.4. The Bertz CT molecular complexity index is 495. The fourth-order valence-corrected chi connectivity index (χ4v) is 1.39. The number of rotatable bonds is 5. The summed E-state index contributed by atoms with van der Waals surface area (Å²) in [6.45, 7) is 1.96. The Balaban J connectivity index is 2.09. The van der Waals surface area contributed by atoms with Gasteiger partial charge in [-0.1, -0.05) is 12.1 Å². The molecular weight excluding hydrogens is 220 g/mol. The summed E-state index contributed by atoms with van der Waals surface area (Å²) in [5.41, 5.74) is 0.581. The molecule has 2 aromatic rings. The molecular formula is C11H12N4O2. The number of Topliss-reactive ketones (excluding diaryl/α,β-unsaturated/α-hetero) is 1. The van der Waals surface area contributed by atoms with Crippen LogP contribution in [0.3, 0.4) is 0 Å². The number of nitrogens with zero attached hydrogens (tertiary/aromatic N) is 4. The number of carbonyl (C=O) groups is 1. The third kappa shape index (κ3) is 2.93. The van der Waals surface area contributed by atoms with Crippen molar-refractivity contribution >= 4 is 5.78 Å². The van der Waals surface area contributed by atoms with Crippen LogP contribution in [0.2, 0.25) is 0 Å². The fourth-order valence-electron chi connectivity index (χ4n) is 1.39. The van der Waals surface area contributed by atoms with E-state index in [1.807, 2.05) is 6.92 Å². The lowest BCUT2D eigenvalue weighted by molar-refractivity contribution is -0.118. The third-order valence-electron chi connectivity index (χ3n) is 2.16. The van der Waals surface area contributed by atoms with Crippen LogP contribution in [0.15, 0.2) is 23.1 Å². The Hall–Kier alpha value is -2.11.